The summed E-state index contributed by atoms with van der Waals surface area (Å²) in [5.41, 5.74) is 9.26. The average Bonchev–Trinajstić information content (AvgIpc) is 2.97. The molecular weight excluding hydrogens is 260 g/mol. The van der Waals surface area contributed by atoms with E-state index in [1.54, 1.807) is 6.20 Å². The Morgan fingerprint density at radius 3 is 2.76 bits per heavy atom. The molecule has 102 valence electrons. The zero-order valence-corrected chi connectivity index (χ0v) is 11.4. The highest BCUT2D eigenvalue weighted by Crippen LogP contribution is 2.30. The number of furan rings is 1. The van der Waals surface area contributed by atoms with Crippen molar-refractivity contribution in [3.05, 3.63) is 78.2 Å². The van der Waals surface area contributed by atoms with E-state index in [1.165, 1.54) is 0 Å². The van der Waals surface area contributed by atoms with E-state index >= 15 is 0 Å². The summed E-state index contributed by atoms with van der Waals surface area (Å²) in [4.78, 5) is 4.37. The van der Waals surface area contributed by atoms with Gasteiger partial charge in [0.05, 0.1) is 11.6 Å². The predicted molar refractivity (Wildman–Crippen MR) is 84.0 cm³/mol. The third-order valence-corrected chi connectivity index (χ3v) is 3.77. The molecule has 0 spiro atoms. The van der Waals surface area contributed by atoms with Crippen molar-refractivity contribution in [1.29, 1.82) is 0 Å². The number of fused-ring (bicyclic) bond motifs is 2. The van der Waals surface area contributed by atoms with Crippen LogP contribution in [-0.4, -0.2) is 4.98 Å². The Bertz CT molecular complexity index is 888. The molecule has 0 fully saturated rings. The summed E-state index contributed by atoms with van der Waals surface area (Å²) in [6.07, 6.45) is 1.79. The van der Waals surface area contributed by atoms with Gasteiger partial charge < -0.3 is 10.2 Å². The molecule has 2 aromatic carbocycles. The Balaban J connectivity index is 1.87. The van der Waals surface area contributed by atoms with Gasteiger partial charge in [-0.2, -0.15) is 0 Å². The van der Waals surface area contributed by atoms with E-state index in [9.17, 15) is 0 Å². The van der Waals surface area contributed by atoms with Crippen LogP contribution in [0.5, 0.6) is 0 Å². The Morgan fingerprint density at radius 1 is 0.952 bits per heavy atom. The molecule has 1 atom stereocenters. The number of nitrogens with zero attached hydrogens (tertiary/aromatic N) is 1. The molecule has 0 aliphatic carbocycles. The van der Waals surface area contributed by atoms with E-state index in [1.807, 2.05) is 60.7 Å². The van der Waals surface area contributed by atoms with E-state index in [0.717, 1.165) is 33.2 Å². The fourth-order valence-corrected chi connectivity index (χ4v) is 2.71. The number of nitrogens with two attached hydrogens (primary N) is 1. The van der Waals surface area contributed by atoms with Gasteiger partial charge in [-0.25, -0.2) is 0 Å². The first kappa shape index (κ1) is 12.1. The van der Waals surface area contributed by atoms with E-state index < -0.39 is 0 Å². The van der Waals surface area contributed by atoms with E-state index in [0.29, 0.717) is 0 Å². The Kier molecular flexibility index (Phi) is 2.72. The molecule has 4 aromatic rings. The Morgan fingerprint density at radius 2 is 1.86 bits per heavy atom. The number of para-hydroxylation sites is 1. The second kappa shape index (κ2) is 4.72. The Labute approximate surface area is 122 Å². The molecular formula is C18H14N2O. The second-order valence-electron chi connectivity index (χ2n) is 5.08. The van der Waals surface area contributed by atoms with Crippen molar-refractivity contribution in [2.45, 2.75) is 6.04 Å². The molecule has 0 aliphatic rings. The lowest BCUT2D eigenvalue weighted by Gasteiger charge is -2.11. The standard InChI is InChI=1S/C18H14N2O/c19-18(17-11-12-5-1-2-9-16(12)21-17)14-6-3-8-15-13(14)7-4-10-20-15/h1-11,18H,19H2. The second-order valence-corrected chi connectivity index (χ2v) is 5.08. The highest BCUT2D eigenvalue weighted by atomic mass is 16.3. The van der Waals surface area contributed by atoms with Crippen LogP contribution in [0.15, 0.2) is 71.3 Å². The SMILES string of the molecule is NC(c1cc2ccccc2o1)c1cccc2ncccc12. The van der Waals surface area contributed by atoms with Crippen LogP contribution in [0.1, 0.15) is 17.4 Å². The van der Waals surface area contributed by atoms with Crippen molar-refractivity contribution in [3.63, 3.8) is 0 Å². The van der Waals surface area contributed by atoms with Gasteiger partial charge in [0.25, 0.3) is 0 Å². The first-order valence-electron chi connectivity index (χ1n) is 6.90. The largest absolute Gasteiger partial charge is 0.459 e. The monoisotopic (exact) mass is 274 g/mol. The molecule has 0 saturated heterocycles. The van der Waals surface area contributed by atoms with Gasteiger partial charge in [-0.15, -0.1) is 0 Å². The highest BCUT2D eigenvalue weighted by Gasteiger charge is 2.16. The summed E-state index contributed by atoms with van der Waals surface area (Å²) >= 11 is 0. The number of pyridine rings is 1. The molecule has 3 nitrogen and oxygen atoms in total. The lowest BCUT2D eigenvalue weighted by atomic mass is 10.00. The van der Waals surface area contributed by atoms with Gasteiger partial charge in [0, 0.05) is 17.0 Å². The molecule has 2 heterocycles. The normalized spacial score (nSPS) is 12.8. The van der Waals surface area contributed by atoms with Crippen molar-refractivity contribution in [2.75, 3.05) is 0 Å². The summed E-state index contributed by atoms with van der Waals surface area (Å²) < 4.78 is 5.89. The fourth-order valence-electron chi connectivity index (χ4n) is 2.71. The molecule has 0 bridgehead atoms. The van der Waals surface area contributed by atoms with Crippen LogP contribution < -0.4 is 5.73 Å². The zero-order valence-electron chi connectivity index (χ0n) is 11.4. The summed E-state index contributed by atoms with van der Waals surface area (Å²) in [5.74, 6) is 0.771. The summed E-state index contributed by atoms with van der Waals surface area (Å²) in [7, 11) is 0. The highest BCUT2D eigenvalue weighted by molar-refractivity contribution is 5.83. The summed E-state index contributed by atoms with van der Waals surface area (Å²) in [5, 5.41) is 2.13. The maximum atomic E-state index is 6.42. The molecule has 0 radical (unpaired) electrons. The lowest BCUT2D eigenvalue weighted by Crippen LogP contribution is -2.11. The van der Waals surface area contributed by atoms with Crippen LogP contribution in [0, 0.1) is 0 Å². The quantitative estimate of drug-likeness (QED) is 0.600. The number of benzene rings is 2. The van der Waals surface area contributed by atoms with Crippen LogP contribution in [0.3, 0.4) is 0 Å². The van der Waals surface area contributed by atoms with Crippen LogP contribution in [-0.2, 0) is 0 Å². The first-order chi connectivity index (χ1) is 10.3. The number of rotatable bonds is 2. The van der Waals surface area contributed by atoms with Crippen LogP contribution in [0.25, 0.3) is 21.9 Å². The molecule has 2 aromatic heterocycles. The average molecular weight is 274 g/mol. The van der Waals surface area contributed by atoms with Gasteiger partial charge in [0.1, 0.15) is 11.3 Å². The fraction of sp³-hybridized carbons (Fsp3) is 0.0556. The molecule has 3 heteroatoms. The lowest BCUT2D eigenvalue weighted by molar-refractivity contribution is 0.526. The van der Waals surface area contributed by atoms with Crippen molar-refractivity contribution in [1.82, 2.24) is 4.98 Å². The summed E-state index contributed by atoms with van der Waals surface area (Å²) in [6.45, 7) is 0. The smallest absolute Gasteiger partial charge is 0.134 e. The van der Waals surface area contributed by atoms with Gasteiger partial charge in [-0.05, 0) is 29.8 Å². The maximum Gasteiger partial charge on any atom is 0.134 e. The van der Waals surface area contributed by atoms with Gasteiger partial charge in [0.15, 0.2) is 0 Å². The maximum absolute atomic E-state index is 6.42. The molecule has 1 unspecified atom stereocenters. The minimum atomic E-state index is -0.301. The van der Waals surface area contributed by atoms with Crippen LogP contribution in [0.4, 0.5) is 0 Å². The molecule has 21 heavy (non-hydrogen) atoms. The molecule has 0 amide bonds. The minimum Gasteiger partial charge on any atom is -0.459 e. The first-order valence-corrected chi connectivity index (χ1v) is 6.90. The van der Waals surface area contributed by atoms with Crippen molar-refractivity contribution >= 4 is 21.9 Å². The third kappa shape index (κ3) is 1.99. The molecule has 0 aliphatic heterocycles. The van der Waals surface area contributed by atoms with Gasteiger partial charge in [-0.3, -0.25) is 4.98 Å². The van der Waals surface area contributed by atoms with E-state index in [4.69, 9.17) is 10.2 Å². The van der Waals surface area contributed by atoms with Crippen molar-refractivity contribution < 1.29 is 4.42 Å². The van der Waals surface area contributed by atoms with Crippen molar-refractivity contribution in [3.8, 4) is 0 Å². The van der Waals surface area contributed by atoms with Gasteiger partial charge >= 0.3 is 0 Å². The minimum absolute atomic E-state index is 0.301. The Hall–Kier alpha value is -2.65. The van der Waals surface area contributed by atoms with Crippen molar-refractivity contribution in [2.24, 2.45) is 5.73 Å². The van der Waals surface area contributed by atoms with E-state index in [-0.39, 0.29) is 6.04 Å². The van der Waals surface area contributed by atoms with Crippen LogP contribution >= 0.6 is 0 Å². The van der Waals surface area contributed by atoms with Crippen LogP contribution in [0.2, 0.25) is 0 Å². The van der Waals surface area contributed by atoms with Gasteiger partial charge in [0.2, 0.25) is 0 Å². The summed E-state index contributed by atoms with van der Waals surface area (Å²) in [6, 6.07) is 19.6. The number of hydrogen-bond donors (Lipinski definition) is 1. The number of hydrogen-bond acceptors (Lipinski definition) is 3. The topological polar surface area (TPSA) is 52.0 Å². The molecule has 2 N–H and O–H groups in total. The molecule has 0 saturated carbocycles. The van der Waals surface area contributed by atoms with E-state index in [2.05, 4.69) is 4.98 Å². The zero-order chi connectivity index (χ0) is 14.2. The third-order valence-electron chi connectivity index (χ3n) is 3.77. The molecule has 4 rings (SSSR count). The van der Waals surface area contributed by atoms with Gasteiger partial charge in [-0.1, -0.05) is 36.4 Å². The number of aromatic nitrogens is 1. The predicted octanol–water partition coefficient (Wildman–Crippen LogP) is 4.03.